The monoisotopic (exact) mass is 316 g/mol. The maximum Gasteiger partial charge on any atom is 0.268 e. The van der Waals surface area contributed by atoms with Crippen molar-refractivity contribution in [2.24, 2.45) is 0 Å². The van der Waals surface area contributed by atoms with Gasteiger partial charge in [-0.1, -0.05) is 31.4 Å². The SMILES string of the molecule is COc1ccc(/C=C(\NC(C)=O)C(=O)NC2CCCCC2)cc1. The summed E-state index contributed by atoms with van der Waals surface area (Å²) in [5, 5.41) is 5.65. The molecule has 0 heterocycles. The zero-order valence-electron chi connectivity index (χ0n) is 13.7. The van der Waals surface area contributed by atoms with Crippen LogP contribution < -0.4 is 15.4 Å². The molecular weight excluding hydrogens is 292 g/mol. The van der Waals surface area contributed by atoms with Gasteiger partial charge in [0.1, 0.15) is 11.4 Å². The van der Waals surface area contributed by atoms with Crippen LogP contribution in [0.4, 0.5) is 0 Å². The zero-order chi connectivity index (χ0) is 16.7. The third kappa shape index (κ3) is 5.43. The molecule has 5 heteroatoms. The third-order valence-corrected chi connectivity index (χ3v) is 3.92. The summed E-state index contributed by atoms with van der Waals surface area (Å²) >= 11 is 0. The first-order valence-corrected chi connectivity index (χ1v) is 8.02. The van der Waals surface area contributed by atoms with Gasteiger partial charge >= 0.3 is 0 Å². The Labute approximate surface area is 137 Å². The van der Waals surface area contributed by atoms with Crippen molar-refractivity contribution < 1.29 is 14.3 Å². The zero-order valence-corrected chi connectivity index (χ0v) is 13.7. The van der Waals surface area contributed by atoms with Gasteiger partial charge in [0.25, 0.3) is 5.91 Å². The topological polar surface area (TPSA) is 67.4 Å². The Bertz CT molecular complexity index is 572. The van der Waals surface area contributed by atoms with E-state index in [1.807, 2.05) is 24.3 Å². The summed E-state index contributed by atoms with van der Waals surface area (Å²) in [6, 6.07) is 7.51. The Balaban J connectivity index is 2.11. The van der Waals surface area contributed by atoms with Gasteiger partial charge in [0.2, 0.25) is 5.91 Å². The molecule has 2 N–H and O–H groups in total. The van der Waals surface area contributed by atoms with Crippen LogP contribution in [-0.4, -0.2) is 25.0 Å². The van der Waals surface area contributed by atoms with Gasteiger partial charge in [0, 0.05) is 13.0 Å². The number of carbonyl (C=O) groups excluding carboxylic acids is 2. The molecule has 1 saturated carbocycles. The molecule has 0 spiro atoms. The van der Waals surface area contributed by atoms with Gasteiger partial charge < -0.3 is 15.4 Å². The molecule has 1 aliphatic rings. The maximum atomic E-state index is 12.5. The first kappa shape index (κ1) is 17.1. The minimum atomic E-state index is -0.261. The summed E-state index contributed by atoms with van der Waals surface area (Å²) in [6.07, 6.45) is 7.19. The molecule has 2 rings (SSSR count). The molecule has 23 heavy (non-hydrogen) atoms. The van der Waals surface area contributed by atoms with Crippen molar-refractivity contribution in [3.63, 3.8) is 0 Å². The molecule has 2 amide bonds. The minimum Gasteiger partial charge on any atom is -0.497 e. The van der Waals surface area contributed by atoms with Gasteiger partial charge in [-0.3, -0.25) is 9.59 Å². The number of hydrogen-bond acceptors (Lipinski definition) is 3. The molecule has 0 bridgehead atoms. The number of amides is 2. The summed E-state index contributed by atoms with van der Waals surface area (Å²) in [6.45, 7) is 1.40. The molecule has 5 nitrogen and oxygen atoms in total. The number of carbonyl (C=O) groups is 2. The number of methoxy groups -OCH3 is 1. The number of rotatable bonds is 5. The van der Waals surface area contributed by atoms with E-state index in [9.17, 15) is 9.59 Å². The molecule has 124 valence electrons. The highest BCUT2D eigenvalue weighted by Gasteiger charge is 2.18. The molecule has 0 aliphatic heterocycles. The van der Waals surface area contributed by atoms with Gasteiger partial charge in [0.05, 0.1) is 7.11 Å². The average molecular weight is 316 g/mol. The van der Waals surface area contributed by atoms with E-state index in [-0.39, 0.29) is 23.6 Å². The summed E-state index contributed by atoms with van der Waals surface area (Å²) in [7, 11) is 1.60. The Morgan fingerprint density at radius 2 is 1.78 bits per heavy atom. The molecule has 1 fully saturated rings. The smallest absolute Gasteiger partial charge is 0.268 e. The molecule has 0 aromatic heterocycles. The molecule has 1 aromatic carbocycles. The Morgan fingerprint density at radius 1 is 1.13 bits per heavy atom. The van der Waals surface area contributed by atoms with E-state index < -0.39 is 0 Å². The van der Waals surface area contributed by atoms with Crippen LogP contribution in [0.1, 0.15) is 44.6 Å². The van der Waals surface area contributed by atoms with Crippen molar-refractivity contribution in [3.8, 4) is 5.75 Å². The predicted molar refractivity (Wildman–Crippen MR) is 89.8 cm³/mol. The second-order valence-corrected chi connectivity index (χ2v) is 5.82. The highest BCUT2D eigenvalue weighted by atomic mass is 16.5. The number of nitrogens with one attached hydrogen (secondary N) is 2. The third-order valence-electron chi connectivity index (χ3n) is 3.92. The normalized spacial score (nSPS) is 15.8. The lowest BCUT2D eigenvalue weighted by Gasteiger charge is -2.23. The van der Waals surface area contributed by atoms with Crippen LogP contribution >= 0.6 is 0 Å². The molecule has 0 atom stereocenters. The fourth-order valence-electron chi connectivity index (χ4n) is 2.72. The molecule has 0 unspecified atom stereocenters. The van der Waals surface area contributed by atoms with Gasteiger partial charge in [0.15, 0.2) is 0 Å². The molecular formula is C18H24N2O3. The predicted octanol–water partition coefficient (Wildman–Crippen LogP) is 2.62. The van der Waals surface area contributed by atoms with E-state index in [2.05, 4.69) is 10.6 Å². The average Bonchev–Trinajstić information content (AvgIpc) is 2.55. The Morgan fingerprint density at radius 3 is 2.35 bits per heavy atom. The van der Waals surface area contributed by atoms with E-state index >= 15 is 0 Å². The van der Waals surface area contributed by atoms with Gasteiger partial charge in [-0.15, -0.1) is 0 Å². The summed E-state index contributed by atoms with van der Waals surface area (Å²) < 4.78 is 5.12. The van der Waals surface area contributed by atoms with E-state index in [4.69, 9.17) is 4.74 Å². The standard InChI is InChI=1S/C18H24N2O3/c1-13(21)19-17(12-14-8-10-16(23-2)11-9-14)18(22)20-15-6-4-3-5-7-15/h8-12,15H,3-7H2,1-2H3,(H,19,21)(H,20,22)/b17-12-. The van der Waals surface area contributed by atoms with Gasteiger partial charge in [-0.25, -0.2) is 0 Å². The molecule has 0 radical (unpaired) electrons. The summed E-state index contributed by atoms with van der Waals surface area (Å²) in [4.78, 5) is 23.8. The molecule has 1 aliphatic carbocycles. The van der Waals surface area contributed by atoms with E-state index in [0.29, 0.717) is 0 Å². The van der Waals surface area contributed by atoms with Crippen molar-refractivity contribution >= 4 is 17.9 Å². The Hall–Kier alpha value is -2.30. The highest BCUT2D eigenvalue weighted by Crippen LogP contribution is 2.18. The lowest BCUT2D eigenvalue weighted by atomic mass is 9.95. The van der Waals surface area contributed by atoms with Gasteiger partial charge in [-0.05, 0) is 36.6 Å². The lowest BCUT2D eigenvalue weighted by molar-refractivity contribution is -0.122. The largest absolute Gasteiger partial charge is 0.497 e. The fraction of sp³-hybridized carbons (Fsp3) is 0.444. The van der Waals surface area contributed by atoms with Crippen LogP contribution in [0, 0.1) is 0 Å². The van der Waals surface area contributed by atoms with E-state index in [1.54, 1.807) is 13.2 Å². The first-order valence-electron chi connectivity index (χ1n) is 8.02. The highest BCUT2D eigenvalue weighted by molar-refractivity contribution is 6.01. The van der Waals surface area contributed by atoms with Crippen molar-refractivity contribution in [2.45, 2.75) is 45.1 Å². The fourth-order valence-corrected chi connectivity index (χ4v) is 2.72. The van der Waals surface area contributed by atoms with Crippen molar-refractivity contribution in [2.75, 3.05) is 7.11 Å². The van der Waals surface area contributed by atoms with E-state index in [1.165, 1.54) is 13.3 Å². The van der Waals surface area contributed by atoms with Crippen LogP contribution in [0.5, 0.6) is 5.75 Å². The molecule has 0 saturated heterocycles. The molecule has 1 aromatic rings. The number of hydrogen-bond donors (Lipinski definition) is 2. The van der Waals surface area contributed by atoms with Crippen molar-refractivity contribution in [1.82, 2.24) is 10.6 Å². The second kappa shape index (κ2) is 8.36. The Kier molecular flexibility index (Phi) is 6.20. The number of ether oxygens (including phenoxy) is 1. The van der Waals surface area contributed by atoms with Crippen LogP contribution in [0.2, 0.25) is 0 Å². The lowest BCUT2D eigenvalue weighted by Crippen LogP contribution is -2.40. The van der Waals surface area contributed by atoms with Crippen LogP contribution in [0.3, 0.4) is 0 Å². The summed E-state index contributed by atoms with van der Waals surface area (Å²) in [5.41, 5.74) is 1.10. The quantitative estimate of drug-likeness (QED) is 0.821. The van der Waals surface area contributed by atoms with Crippen LogP contribution in [-0.2, 0) is 9.59 Å². The summed E-state index contributed by atoms with van der Waals surface area (Å²) in [5.74, 6) is 0.251. The van der Waals surface area contributed by atoms with Crippen molar-refractivity contribution in [3.05, 3.63) is 35.5 Å². The van der Waals surface area contributed by atoms with Crippen LogP contribution in [0.25, 0.3) is 6.08 Å². The minimum absolute atomic E-state index is 0.198. The maximum absolute atomic E-state index is 12.5. The number of benzene rings is 1. The van der Waals surface area contributed by atoms with Gasteiger partial charge in [-0.2, -0.15) is 0 Å². The first-order chi connectivity index (χ1) is 11.1. The van der Waals surface area contributed by atoms with E-state index in [0.717, 1.165) is 37.0 Å². The van der Waals surface area contributed by atoms with Crippen LogP contribution in [0.15, 0.2) is 30.0 Å². The second-order valence-electron chi connectivity index (χ2n) is 5.82. The van der Waals surface area contributed by atoms with Crippen molar-refractivity contribution in [1.29, 1.82) is 0 Å².